The van der Waals surface area contributed by atoms with E-state index in [1.54, 1.807) is 18.4 Å². The first-order valence-electron chi connectivity index (χ1n) is 9.77. The average Bonchev–Trinajstić information content (AvgIpc) is 3.42. The molecule has 2 heterocycles. The SMILES string of the molecule is O=C(OCc1ccc(Cl)cc1)c1c2c(nc3ccccc13)/C(=C/c1ccco1)CC2. The third-order valence-electron chi connectivity index (χ3n) is 5.29. The molecule has 4 aromatic rings. The Balaban J connectivity index is 1.54. The van der Waals surface area contributed by atoms with Crippen LogP contribution < -0.4 is 0 Å². The number of carbonyl (C=O) groups excluding carboxylic acids is 1. The third kappa shape index (κ3) is 3.51. The Labute approximate surface area is 178 Å². The number of nitrogens with zero attached hydrogens (tertiary/aromatic N) is 1. The van der Waals surface area contributed by atoms with Gasteiger partial charge in [-0.2, -0.15) is 0 Å². The maximum absolute atomic E-state index is 13.2. The molecule has 0 bridgehead atoms. The fourth-order valence-electron chi connectivity index (χ4n) is 3.86. The number of allylic oxidation sites excluding steroid dienone is 1. The smallest absolute Gasteiger partial charge is 0.339 e. The number of aromatic nitrogens is 1. The molecular weight excluding hydrogens is 398 g/mol. The van der Waals surface area contributed by atoms with Crippen molar-refractivity contribution in [1.82, 2.24) is 4.98 Å². The maximum atomic E-state index is 13.2. The molecule has 148 valence electrons. The van der Waals surface area contributed by atoms with Crippen LogP contribution in [0.4, 0.5) is 0 Å². The highest BCUT2D eigenvalue weighted by atomic mass is 35.5. The van der Waals surface area contributed by atoms with Gasteiger partial charge < -0.3 is 9.15 Å². The highest BCUT2D eigenvalue weighted by Gasteiger charge is 2.27. The number of hydrogen-bond acceptors (Lipinski definition) is 4. The molecule has 5 heteroatoms. The van der Waals surface area contributed by atoms with Crippen LogP contribution in [0, 0.1) is 0 Å². The van der Waals surface area contributed by atoms with Crippen molar-refractivity contribution in [2.24, 2.45) is 0 Å². The Morgan fingerprint density at radius 1 is 1.07 bits per heavy atom. The molecule has 0 amide bonds. The van der Waals surface area contributed by atoms with Crippen LogP contribution in [0.2, 0.25) is 5.02 Å². The summed E-state index contributed by atoms with van der Waals surface area (Å²) in [7, 11) is 0. The Kier molecular flexibility index (Phi) is 4.85. The van der Waals surface area contributed by atoms with Gasteiger partial charge in [0.15, 0.2) is 0 Å². The largest absolute Gasteiger partial charge is 0.465 e. The summed E-state index contributed by atoms with van der Waals surface area (Å²) in [5.41, 5.74) is 5.13. The van der Waals surface area contributed by atoms with Gasteiger partial charge in [0.05, 0.1) is 23.0 Å². The van der Waals surface area contributed by atoms with E-state index in [0.29, 0.717) is 10.6 Å². The number of carbonyl (C=O) groups is 1. The monoisotopic (exact) mass is 415 g/mol. The van der Waals surface area contributed by atoms with Gasteiger partial charge in [0.2, 0.25) is 0 Å². The lowest BCUT2D eigenvalue weighted by Gasteiger charge is -2.12. The van der Waals surface area contributed by atoms with Crippen molar-refractivity contribution in [2.75, 3.05) is 0 Å². The quantitative estimate of drug-likeness (QED) is 0.366. The zero-order valence-corrected chi connectivity index (χ0v) is 16.9. The zero-order chi connectivity index (χ0) is 20.5. The second-order valence-corrected chi connectivity index (χ2v) is 7.66. The van der Waals surface area contributed by atoms with Crippen molar-refractivity contribution in [3.63, 3.8) is 0 Å². The Bertz CT molecular complexity index is 1260. The fraction of sp³-hybridized carbons (Fsp3) is 0.120. The predicted molar refractivity (Wildman–Crippen MR) is 117 cm³/mol. The van der Waals surface area contributed by atoms with Crippen molar-refractivity contribution in [2.45, 2.75) is 19.4 Å². The van der Waals surface area contributed by atoms with Gasteiger partial charge in [-0.1, -0.05) is 41.9 Å². The van der Waals surface area contributed by atoms with Crippen molar-refractivity contribution in [3.8, 4) is 0 Å². The van der Waals surface area contributed by atoms with Crippen LogP contribution >= 0.6 is 11.6 Å². The standard InChI is InChI=1S/C25H18ClNO3/c26-18-10-7-16(8-11-18)15-30-25(28)23-20-5-1-2-6-22(20)27-24-17(9-12-21(23)24)14-19-4-3-13-29-19/h1-8,10-11,13-14H,9,12,15H2/b17-14+. The van der Waals surface area contributed by atoms with Crippen LogP contribution in [0.25, 0.3) is 22.6 Å². The van der Waals surface area contributed by atoms with E-state index in [4.69, 9.17) is 25.7 Å². The van der Waals surface area contributed by atoms with Crippen molar-refractivity contribution in [1.29, 1.82) is 0 Å². The van der Waals surface area contributed by atoms with Gasteiger partial charge in [-0.3, -0.25) is 0 Å². The Morgan fingerprint density at radius 3 is 2.70 bits per heavy atom. The van der Waals surface area contributed by atoms with E-state index >= 15 is 0 Å². The summed E-state index contributed by atoms with van der Waals surface area (Å²) < 4.78 is 11.1. The molecular formula is C25H18ClNO3. The summed E-state index contributed by atoms with van der Waals surface area (Å²) >= 11 is 5.94. The van der Waals surface area contributed by atoms with E-state index in [2.05, 4.69) is 0 Å². The number of pyridine rings is 1. The minimum Gasteiger partial charge on any atom is -0.465 e. The van der Waals surface area contributed by atoms with Gasteiger partial charge in [-0.05, 0) is 65.9 Å². The van der Waals surface area contributed by atoms with Crippen molar-refractivity contribution < 1.29 is 13.9 Å². The van der Waals surface area contributed by atoms with Gasteiger partial charge in [-0.15, -0.1) is 0 Å². The van der Waals surface area contributed by atoms with Crippen LogP contribution in [-0.2, 0) is 17.8 Å². The number of ether oxygens (including phenoxy) is 1. The molecule has 2 aromatic carbocycles. The summed E-state index contributed by atoms with van der Waals surface area (Å²) in [6.45, 7) is 0.191. The number of hydrogen-bond donors (Lipinski definition) is 0. The molecule has 0 atom stereocenters. The van der Waals surface area contributed by atoms with Gasteiger partial charge in [-0.25, -0.2) is 9.78 Å². The first kappa shape index (κ1) is 18.6. The third-order valence-corrected chi connectivity index (χ3v) is 5.54. The van der Waals surface area contributed by atoms with Crippen LogP contribution in [0.5, 0.6) is 0 Å². The molecule has 0 unspecified atom stereocenters. The molecule has 1 aliphatic rings. The van der Waals surface area contributed by atoms with Crippen LogP contribution in [-0.4, -0.2) is 11.0 Å². The van der Waals surface area contributed by atoms with Gasteiger partial charge in [0.1, 0.15) is 12.4 Å². The molecule has 5 rings (SSSR count). The fourth-order valence-corrected chi connectivity index (χ4v) is 3.98. The van der Waals surface area contributed by atoms with E-state index in [9.17, 15) is 4.79 Å². The molecule has 0 fully saturated rings. The summed E-state index contributed by atoms with van der Waals surface area (Å²) in [5.74, 6) is 0.443. The first-order chi connectivity index (χ1) is 14.7. The molecule has 0 aliphatic heterocycles. The lowest BCUT2D eigenvalue weighted by Crippen LogP contribution is -2.10. The number of benzene rings is 2. The zero-order valence-electron chi connectivity index (χ0n) is 16.1. The molecule has 30 heavy (non-hydrogen) atoms. The molecule has 0 saturated heterocycles. The summed E-state index contributed by atoms with van der Waals surface area (Å²) in [5, 5.41) is 1.47. The summed E-state index contributed by atoms with van der Waals surface area (Å²) in [6.07, 6.45) is 5.19. The second kappa shape index (κ2) is 7.81. The molecule has 0 spiro atoms. The normalized spacial score (nSPS) is 14.2. The minimum absolute atomic E-state index is 0.191. The van der Waals surface area contributed by atoms with E-state index in [-0.39, 0.29) is 12.6 Å². The molecule has 0 N–H and O–H groups in total. The van der Waals surface area contributed by atoms with E-state index in [1.165, 1.54) is 0 Å². The van der Waals surface area contributed by atoms with Crippen molar-refractivity contribution in [3.05, 3.63) is 100 Å². The number of fused-ring (bicyclic) bond motifs is 2. The summed E-state index contributed by atoms with van der Waals surface area (Å²) in [6, 6.07) is 18.7. The van der Waals surface area contributed by atoms with E-state index in [1.807, 2.05) is 54.6 Å². The Morgan fingerprint density at radius 2 is 1.90 bits per heavy atom. The molecule has 4 nitrogen and oxygen atoms in total. The van der Waals surface area contributed by atoms with Crippen molar-refractivity contribution >= 4 is 40.1 Å². The number of para-hydroxylation sites is 1. The molecule has 0 saturated carbocycles. The molecule has 2 aromatic heterocycles. The predicted octanol–water partition coefficient (Wildman–Crippen LogP) is 6.33. The van der Waals surface area contributed by atoms with E-state index in [0.717, 1.165) is 51.9 Å². The number of esters is 1. The van der Waals surface area contributed by atoms with Gasteiger partial charge in [0, 0.05) is 10.4 Å². The van der Waals surface area contributed by atoms with Gasteiger partial charge >= 0.3 is 5.97 Å². The molecule has 0 radical (unpaired) electrons. The topological polar surface area (TPSA) is 52.3 Å². The summed E-state index contributed by atoms with van der Waals surface area (Å²) in [4.78, 5) is 18.0. The lowest BCUT2D eigenvalue weighted by atomic mass is 10.0. The number of rotatable bonds is 4. The number of halogens is 1. The minimum atomic E-state index is -0.334. The van der Waals surface area contributed by atoms with Crippen LogP contribution in [0.3, 0.4) is 0 Å². The first-order valence-corrected chi connectivity index (χ1v) is 10.1. The molecule has 1 aliphatic carbocycles. The highest BCUT2D eigenvalue weighted by Crippen LogP contribution is 2.37. The van der Waals surface area contributed by atoms with Crippen LogP contribution in [0.1, 0.15) is 39.4 Å². The highest BCUT2D eigenvalue weighted by molar-refractivity contribution is 6.30. The second-order valence-electron chi connectivity index (χ2n) is 7.22. The average molecular weight is 416 g/mol. The Hall–Kier alpha value is -3.37. The lowest BCUT2D eigenvalue weighted by molar-refractivity contribution is 0.0474. The van der Waals surface area contributed by atoms with E-state index < -0.39 is 0 Å². The van der Waals surface area contributed by atoms with Gasteiger partial charge in [0.25, 0.3) is 0 Å². The van der Waals surface area contributed by atoms with Crippen LogP contribution in [0.15, 0.2) is 71.3 Å². The number of furan rings is 1. The maximum Gasteiger partial charge on any atom is 0.339 e.